The third kappa shape index (κ3) is 5.03. The number of aryl methyl sites for hydroxylation is 6. The fourth-order valence-corrected chi connectivity index (χ4v) is 5.85. The molecule has 0 saturated carbocycles. The lowest BCUT2D eigenvalue weighted by Gasteiger charge is -2.19. The van der Waals surface area contributed by atoms with Crippen LogP contribution in [0, 0.1) is 27.7 Å². The van der Waals surface area contributed by atoms with Crippen molar-refractivity contribution in [2.75, 3.05) is 5.01 Å². The molecule has 8 heteroatoms. The van der Waals surface area contributed by atoms with Gasteiger partial charge < -0.3 is 0 Å². The molecule has 0 spiro atoms. The zero-order valence-corrected chi connectivity index (χ0v) is 25.3. The van der Waals surface area contributed by atoms with Gasteiger partial charge in [0.05, 0.1) is 22.8 Å². The average molecular weight is 559 g/mol. The summed E-state index contributed by atoms with van der Waals surface area (Å²) in [5.41, 5.74) is 14.9. The highest BCUT2D eigenvalue weighted by molar-refractivity contribution is 5.63. The first-order valence-electron chi connectivity index (χ1n) is 14.7. The van der Waals surface area contributed by atoms with Crippen molar-refractivity contribution in [1.82, 2.24) is 29.2 Å². The summed E-state index contributed by atoms with van der Waals surface area (Å²) in [5.74, 6) is 6.58. The number of hydrogen-bond acceptors (Lipinski definition) is 6. The summed E-state index contributed by atoms with van der Waals surface area (Å²) in [5, 5.41) is 11.4. The highest BCUT2D eigenvalue weighted by atomic mass is 15.4. The Morgan fingerprint density at radius 2 is 1.00 bits per heavy atom. The van der Waals surface area contributed by atoms with E-state index in [1.807, 2.05) is 22.9 Å². The highest BCUT2D eigenvalue weighted by Gasteiger charge is 2.17. The van der Waals surface area contributed by atoms with E-state index in [1.54, 1.807) is 5.01 Å². The van der Waals surface area contributed by atoms with Crippen LogP contribution in [0.1, 0.15) is 70.3 Å². The number of fused-ring (bicyclic) bond motifs is 2. The van der Waals surface area contributed by atoms with Crippen LogP contribution in [0.15, 0.2) is 60.7 Å². The molecule has 0 aliphatic rings. The number of hydrazine groups is 1. The Bertz CT molecular complexity index is 1760. The van der Waals surface area contributed by atoms with Crippen LogP contribution in [0.5, 0.6) is 0 Å². The molecule has 0 aliphatic heterocycles. The Morgan fingerprint density at radius 1 is 0.619 bits per heavy atom. The third-order valence-electron chi connectivity index (χ3n) is 8.01. The molecule has 0 amide bonds. The fraction of sp³-hybridized carbons (Fsp3) is 0.294. The predicted molar refractivity (Wildman–Crippen MR) is 169 cm³/mol. The van der Waals surface area contributed by atoms with Crippen LogP contribution in [0.3, 0.4) is 0 Å². The third-order valence-corrected chi connectivity index (χ3v) is 8.01. The molecule has 4 heterocycles. The maximum atomic E-state index is 6.58. The van der Waals surface area contributed by atoms with Gasteiger partial charge in [-0.1, -0.05) is 38.1 Å². The van der Waals surface area contributed by atoms with Gasteiger partial charge in [0.15, 0.2) is 11.3 Å². The molecule has 6 aromatic rings. The van der Waals surface area contributed by atoms with Crippen molar-refractivity contribution in [3.63, 3.8) is 0 Å². The molecule has 0 bridgehead atoms. The van der Waals surface area contributed by atoms with Crippen LogP contribution >= 0.6 is 0 Å². The van der Waals surface area contributed by atoms with Crippen molar-refractivity contribution < 1.29 is 0 Å². The molecule has 0 radical (unpaired) electrons. The lowest BCUT2D eigenvalue weighted by Crippen LogP contribution is -2.24. The summed E-state index contributed by atoms with van der Waals surface area (Å²) in [6, 6.07) is 21.0. The largest absolute Gasteiger partial charge is 0.280 e. The Morgan fingerprint density at radius 3 is 1.36 bits per heavy atom. The standard InChI is InChI=1S/C34H38N8/c1-7-31-29(33-36-21(3)17-23(5)41(33)38-31)19-25-9-13-27(14-10-25)40(35)28-15-11-26(12-16-28)20-30-32(8-2)39-42-24(6)18-22(4)37-34(30)42/h9-18H,7-8,19-20,35H2,1-6H3. The maximum absolute atomic E-state index is 6.58. The zero-order valence-electron chi connectivity index (χ0n) is 25.3. The molecule has 2 aromatic carbocycles. The quantitative estimate of drug-likeness (QED) is 0.174. The molecule has 214 valence electrons. The molecule has 0 unspecified atom stereocenters. The monoisotopic (exact) mass is 558 g/mol. The van der Waals surface area contributed by atoms with E-state index in [9.17, 15) is 0 Å². The number of nitrogens with zero attached hydrogens (tertiary/aromatic N) is 7. The van der Waals surface area contributed by atoms with Crippen LogP contribution in [0.4, 0.5) is 11.4 Å². The number of aromatic nitrogens is 6. The molecule has 0 atom stereocenters. The number of nitrogens with two attached hydrogens (primary N) is 1. The second kappa shape index (κ2) is 11.0. The summed E-state index contributed by atoms with van der Waals surface area (Å²) < 4.78 is 3.94. The van der Waals surface area contributed by atoms with E-state index in [0.29, 0.717) is 0 Å². The average Bonchev–Trinajstić information content (AvgIpc) is 3.51. The summed E-state index contributed by atoms with van der Waals surface area (Å²) in [6.07, 6.45) is 3.29. The van der Waals surface area contributed by atoms with Crippen LogP contribution in [0.25, 0.3) is 11.3 Å². The first kappa shape index (κ1) is 27.6. The normalized spacial score (nSPS) is 11.6. The van der Waals surface area contributed by atoms with Crippen molar-refractivity contribution in [1.29, 1.82) is 0 Å². The zero-order chi connectivity index (χ0) is 29.5. The molecule has 0 aliphatic carbocycles. The second-order valence-electron chi connectivity index (χ2n) is 11.2. The van der Waals surface area contributed by atoms with Crippen LogP contribution in [-0.2, 0) is 25.7 Å². The summed E-state index contributed by atoms with van der Waals surface area (Å²) in [6.45, 7) is 12.5. The first-order valence-corrected chi connectivity index (χ1v) is 14.7. The van der Waals surface area contributed by atoms with Crippen molar-refractivity contribution in [2.45, 2.75) is 67.2 Å². The molecule has 2 N–H and O–H groups in total. The van der Waals surface area contributed by atoms with Crippen molar-refractivity contribution >= 4 is 22.7 Å². The minimum atomic E-state index is 0.777. The van der Waals surface area contributed by atoms with Gasteiger partial charge in [-0.05, 0) is 88.1 Å². The summed E-state index contributed by atoms with van der Waals surface area (Å²) in [7, 11) is 0. The van der Waals surface area contributed by atoms with Crippen LogP contribution < -0.4 is 10.9 Å². The maximum Gasteiger partial charge on any atom is 0.159 e. The minimum Gasteiger partial charge on any atom is -0.280 e. The van der Waals surface area contributed by atoms with E-state index in [0.717, 1.165) is 82.5 Å². The molecule has 42 heavy (non-hydrogen) atoms. The Balaban J connectivity index is 1.20. The molecule has 8 nitrogen and oxygen atoms in total. The van der Waals surface area contributed by atoms with E-state index >= 15 is 0 Å². The molecule has 0 saturated heterocycles. The molecule has 0 fully saturated rings. The van der Waals surface area contributed by atoms with Gasteiger partial charge in [-0.3, -0.25) is 5.01 Å². The van der Waals surface area contributed by atoms with Gasteiger partial charge in [-0.15, -0.1) is 0 Å². The Labute approximate surface area is 246 Å². The van der Waals surface area contributed by atoms with Gasteiger partial charge in [0.2, 0.25) is 0 Å². The summed E-state index contributed by atoms with van der Waals surface area (Å²) in [4.78, 5) is 9.63. The van der Waals surface area contributed by atoms with Gasteiger partial charge in [0.1, 0.15) is 0 Å². The van der Waals surface area contributed by atoms with Gasteiger partial charge in [-0.2, -0.15) is 10.2 Å². The fourth-order valence-electron chi connectivity index (χ4n) is 5.85. The van der Waals surface area contributed by atoms with Gasteiger partial charge in [-0.25, -0.2) is 24.8 Å². The number of hydrogen-bond donors (Lipinski definition) is 1. The molecular formula is C34H38N8. The number of anilines is 2. The molecule has 6 rings (SSSR count). The van der Waals surface area contributed by atoms with Crippen molar-refractivity contribution in [2.24, 2.45) is 5.84 Å². The van der Waals surface area contributed by atoms with Gasteiger partial charge in [0.25, 0.3) is 0 Å². The lowest BCUT2D eigenvalue weighted by molar-refractivity contribution is 0.849. The predicted octanol–water partition coefficient (Wildman–Crippen LogP) is 6.32. The first-order chi connectivity index (χ1) is 20.2. The van der Waals surface area contributed by atoms with E-state index in [-0.39, 0.29) is 0 Å². The van der Waals surface area contributed by atoms with Crippen LogP contribution in [-0.4, -0.2) is 29.2 Å². The molecule has 4 aromatic heterocycles. The van der Waals surface area contributed by atoms with E-state index in [1.165, 1.54) is 22.3 Å². The van der Waals surface area contributed by atoms with Gasteiger partial charge >= 0.3 is 0 Å². The molecular weight excluding hydrogens is 520 g/mol. The summed E-state index contributed by atoms with van der Waals surface area (Å²) >= 11 is 0. The Hall–Kier alpha value is -4.56. The number of rotatable bonds is 8. The second-order valence-corrected chi connectivity index (χ2v) is 11.2. The highest BCUT2D eigenvalue weighted by Crippen LogP contribution is 2.27. The van der Waals surface area contributed by atoms with E-state index in [4.69, 9.17) is 26.0 Å². The van der Waals surface area contributed by atoms with Crippen molar-refractivity contribution in [3.05, 3.63) is 117 Å². The van der Waals surface area contributed by atoms with Gasteiger partial charge in [0, 0.05) is 46.7 Å². The minimum absolute atomic E-state index is 0.777. The lowest BCUT2D eigenvalue weighted by atomic mass is 10.0. The van der Waals surface area contributed by atoms with E-state index < -0.39 is 0 Å². The van der Waals surface area contributed by atoms with Crippen molar-refractivity contribution in [3.8, 4) is 0 Å². The topological polar surface area (TPSA) is 89.6 Å². The van der Waals surface area contributed by atoms with E-state index in [2.05, 4.69) is 88.4 Å². The van der Waals surface area contributed by atoms with Crippen LogP contribution in [0.2, 0.25) is 0 Å². The SMILES string of the molecule is CCc1nn2c(C)cc(C)nc2c1Cc1ccc(N(N)c2ccc(Cc3c(CC)nn4c(C)cc(C)nc34)cc2)cc1. The Kier molecular flexibility index (Phi) is 7.24. The smallest absolute Gasteiger partial charge is 0.159 e. The number of benzene rings is 2.